The molecule has 4 aliphatic rings. The molecule has 0 saturated carbocycles. The number of amides is 1. The van der Waals surface area contributed by atoms with Crippen LogP contribution >= 0.6 is 0 Å². The number of carbonyl (C=O) groups excluding carboxylic acids is 4. The monoisotopic (exact) mass is 695 g/mol. The highest BCUT2D eigenvalue weighted by Crippen LogP contribution is 2.54. The lowest BCUT2D eigenvalue weighted by Gasteiger charge is -2.56. The van der Waals surface area contributed by atoms with Gasteiger partial charge in [-0.3, -0.25) is 19.2 Å². The second-order valence-electron chi connectivity index (χ2n) is 15.0. The minimum absolute atomic E-state index is 0.0269. The van der Waals surface area contributed by atoms with Crippen LogP contribution in [0.1, 0.15) is 74.7 Å². The van der Waals surface area contributed by atoms with Crippen LogP contribution in [0.15, 0.2) is 115 Å². The summed E-state index contributed by atoms with van der Waals surface area (Å²) in [6.07, 6.45) is 13.2. The summed E-state index contributed by atoms with van der Waals surface area (Å²) in [5.74, 6) is -2.10. The van der Waals surface area contributed by atoms with E-state index in [2.05, 4.69) is 52.2 Å². The van der Waals surface area contributed by atoms with Gasteiger partial charge in [0.15, 0.2) is 0 Å². The first-order chi connectivity index (χ1) is 25.2. The summed E-state index contributed by atoms with van der Waals surface area (Å²) in [7, 11) is 0. The maximum Gasteiger partial charge on any atom is 0.230 e. The number of carbonyl (C=O) groups is 4. The molecule has 52 heavy (non-hydrogen) atoms. The van der Waals surface area contributed by atoms with Crippen LogP contribution in [0.5, 0.6) is 0 Å². The number of piperidine rings is 1. The van der Waals surface area contributed by atoms with Gasteiger partial charge in [0.25, 0.3) is 0 Å². The van der Waals surface area contributed by atoms with E-state index in [9.17, 15) is 19.2 Å². The van der Waals surface area contributed by atoms with E-state index in [0.717, 1.165) is 48.6 Å². The fraction of sp³-hybridized carbons (Fsp3) is 0.372. The van der Waals surface area contributed by atoms with E-state index in [-0.39, 0.29) is 35.6 Å². The van der Waals surface area contributed by atoms with Gasteiger partial charge in [0, 0.05) is 35.8 Å². The highest BCUT2D eigenvalue weighted by Gasteiger charge is 2.60. The molecule has 266 valence electrons. The van der Waals surface area contributed by atoms with Crippen LogP contribution in [-0.2, 0) is 25.7 Å². The van der Waals surface area contributed by atoms with Crippen molar-refractivity contribution in [3.63, 3.8) is 0 Å². The van der Waals surface area contributed by atoms with Crippen molar-refractivity contribution in [2.45, 2.75) is 76.2 Å². The van der Waals surface area contributed by atoms with Crippen molar-refractivity contribution < 1.29 is 19.2 Å². The lowest BCUT2D eigenvalue weighted by molar-refractivity contribution is -0.149. The Morgan fingerprint density at radius 2 is 1.62 bits per heavy atom. The predicted molar refractivity (Wildman–Crippen MR) is 199 cm³/mol. The Hall–Kier alpha value is -5.15. The van der Waals surface area contributed by atoms with Crippen molar-refractivity contribution in [1.29, 1.82) is 0 Å². The number of nitrogens with zero attached hydrogens (tertiary/aromatic N) is 4. The van der Waals surface area contributed by atoms with Crippen LogP contribution in [0.25, 0.3) is 10.9 Å². The number of rotatable bonds is 11. The van der Waals surface area contributed by atoms with E-state index in [1.54, 1.807) is 42.5 Å². The number of para-hydroxylation sites is 1. The predicted octanol–water partition coefficient (Wildman–Crippen LogP) is 6.52. The fourth-order valence-corrected chi connectivity index (χ4v) is 9.43. The molecular formula is C43H45N5O4. The molecule has 1 aliphatic carbocycles. The van der Waals surface area contributed by atoms with Crippen molar-refractivity contribution in [3.8, 4) is 0 Å². The minimum atomic E-state index is -1.58. The summed E-state index contributed by atoms with van der Waals surface area (Å²) in [6, 6.07) is 27.4. The SMILES string of the molecule is CC[C@@](NC(=O)C1CN(C2=CC(C(C)=O)(C(=O)C(=O)c3ccccc3)CC=C2)C1)(c1ccccc1)N1C2CCCC1(n1ncc3ccccc31)CC2. The Morgan fingerprint density at radius 1 is 0.904 bits per heavy atom. The molecule has 9 heteroatoms. The van der Waals surface area contributed by atoms with Crippen LogP contribution in [0.2, 0.25) is 0 Å². The molecule has 9 nitrogen and oxygen atoms in total. The van der Waals surface area contributed by atoms with Gasteiger partial charge >= 0.3 is 0 Å². The smallest absolute Gasteiger partial charge is 0.230 e. The van der Waals surface area contributed by atoms with E-state index < -0.39 is 28.3 Å². The van der Waals surface area contributed by atoms with Gasteiger partial charge in [0.2, 0.25) is 17.5 Å². The number of hydrogen-bond donors (Lipinski definition) is 1. The molecule has 2 bridgehead atoms. The van der Waals surface area contributed by atoms with Crippen molar-refractivity contribution in [2.24, 2.45) is 11.3 Å². The fourth-order valence-electron chi connectivity index (χ4n) is 9.43. The highest BCUT2D eigenvalue weighted by molar-refractivity contribution is 6.49. The topological polar surface area (TPSA) is 105 Å². The van der Waals surface area contributed by atoms with Gasteiger partial charge in [-0.2, -0.15) is 5.10 Å². The van der Waals surface area contributed by atoms with Crippen molar-refractivity contribution in [1.82, 2.24) is 24.9 Å². The minimum Gasteiger partial charge on any atom is -0.370 e. The number of ketones is 3. The van der Waals surface area contributed by atoms with Crippen LogP contribution in [0, 0.1) is 11.3 Å². The molecule has 0 spiro atoms. The van der Waals surface area contributed by atoms with E-state index in [1.807, 2.05) is 41.4 Å². The van der Waals surface area contributed by atoms with Crippen LogP contribution in [0.3, 0.4) is 0 Å². The molecule has 3 aliphatic heterocycles. The van der Waals surface area contributed by atoms with Gasteiger partial charge in [-0.05, 0) is 75.7 Å². The number of allylic oxidation sites excluding steroid dienone is 3. The normalized spacial score (nSPS) is 25.6. The first-order valence-corrected chi connectivity index (χ1v) is 18.6. The van der Waals surface area contributed by atoms with Crippen LogP contribution in [0.4, 0.5) is 0 Å². The lowest BCUT2D eigenvalue weighted by atomic mass is 9.71. The van der Waals surface area contributed by atoms with E-state index >= 15 is 0 Å². The number of likely N-dealkylation sites (tertiary alicyclic amines) is 1. The van der Waals surface area contributed by atoms with Gasteiger partial charge in [-0.15, -0.1) is 0 Å². The molecule has 3 aromatic carbocycles. The maximum absolute atomic E-state index is 14.5. The molecule has 4 atom stereocenters. The molecule has 1 N–H and O–H groups in total. The number of benzene rings is 3. The van der Waals surface area contributed by atoms with Gasteiger partial charge in [-0.25, -0.2) is 9.58 Å². The van der Waals surface area contributed by atoms with E-state index in [1.165, 1.54) is 6.92 Å². The Labute approximate surface area is 304 Å². The summed E-state index contributed by atoms with van der Waals surface area (Å²) in [6.45, 7) is 4.40. The lowest BCUT2D eigenvalue weighted by Crippen LogP contribution is -2.69. The van der Waals surface area contributed by atoms with Crippen molar-refractivity contribution >= 4 is 34.2 Å². The molecule has 1 aromatic heterocycles. The summed E-state index contributed by atoms with van der Waals surface area (Å²) >= 11 is 0. The third-order valence-corrected chi connectivity index (χ3v) is 12.2. The molecule has 8 rings (SSSR count). The largest absolute Gasteiger partial charge is 0.370 e. The van der Waals surface area contributed by atoms with E-state index in [4.69, 9.17) is 5.10 Å². The van der Waals surface area contributed by atoms with Gasteiger partial charge in [0.1, 0.15) is 22.5 Å². The van der Waals surface area contributed by atoms with E-state index in [0.29, 0.717) is 25.2 Å². The second kappa shape index (κ2) is 13.1. The molecule has 1 amide bonds. The van der Waals surface area contributed by atoms with Gasteiger partial charge in [0.05, 0.1) is 17.6 Å². The third-order valence-electron chi connectivity index (χ3n) is 12.2. The summed E-state index contributed by atoms with van der Waals surface area (Å²) in [5, 5.41) is 9.77. The molecule has 3 unspecified atom stereocenters. The highest BCUT2D eigenvalue weighted by atomic mass is 16.2. The molecule has 4 heterocycles. The molecule has 4 aromatic rings. The number of Topliss-reactive ketones (excluding diaryl/α,β-unsaturated/α-hetero) is 3. The summed E-state index contributed by atoms with van der Waals surface area (Å²) in [5.41, 5.74) is 0.368. The summed E-state index contributed by atoms with van der Waals surface area (Å²) < 4.78 is 2.24. The zero-order valence-corrected chi connectivity index (χ0v) is 29.8. The van der Waals surface area contributed by atoms with Gasteiger partial charge < -0.3 is 10.2 Å². The zero-order chi connectivity index (χ0) is 36.1. The van der Waals surface area contributed by atoms with Crippen LogP contribution < -0.4 is 5.32 Å². The number of fused-ring (bicyclic) bond motifs is 3. The Kier molecular flexibility index (Phi) is 8.57. The first kappa shape index (κ1) is 34.0. The number of hydrogen-bond acceptors (Lipinski definition) is 7. The maximum atomic E-state index is 14.5. The quantitative estimate of drug-likeness (QED) is 0.108. The third kappa shape index (κ3) is 5.28. The second-order valence-corrected chi connectivity index (χ2v) is 15.0. The Balaban J connectivity index is 1.08. The summed E-state index contributed by atoms with van der Waals surface area (Å²) in [4.78, 5) is 59.2. The first-order valence-electron chi connectivity index (χ1n) is 18.6. The molecule has 0 radical (unpaired) electrons. The average molecular weight is 696 g/mol. The molecular weight excluding hydrogens is 651 g/mol. The number of nitrogens with one attached hydrogen (secondary N) is 1. The zero-order valence-electron chi connectivity index (χ0n) is 29.8. The van der Waals surface area contributed by atoms with Crippen LogP contribution in [-0.4, -0.2) is 62.0 Å². The van der Waals surface area contributed by atoms with Crippen molar-refractivity contribution in [2.75, 3.05) is 13.1 Å². The molecule has 3 fully saturated rings. The standard InChI is InChI=1S/C43H45N5O4/c1-3-43(34-17-8-5-9-18-34,47-35-19-13-24-42(47,25-22-35)48-37-21-11-10-16-32(37)27-44-48)45-40(52)33-28-46(29-33)36-20-12-23-41(26-36,30(2)49)39(51)38(50)31-14-6-4-7-15-31/h4-12,14-18,20-21,26-27,33,35H,3,13,19,22-25,28-29H2,1-2H3,(H,45,52)/t35?,41?,42?,43-/m0/s1. The Morgan fingerprint density at radius 3 is 2.35 bits per heavy atom. The Bertz CT molecular complexity index is 2100. The average Bonchev–Trinajstić information content (AvgIpc) is 3.70. The van der Waals surface area contributed by atoms with Crippen molar-refractivity contribution in [3.05, 3.63) is 126 Å². The number of aromatic nitrogens is 2. The molecule has 3 saturated heterocycles. The van der Waals surface area contributed by atoms with Gasteiger partial charge in [-0.1, -0.05) is 91.9 Å².